The molecule has 7 heteroatoms. The topological polar surface area (TPSA) is 101 Å². The van der Waals surface area contributed by atoms with Crippen LogP contribution in [0.2, 0.25) is 0 Å². The van der Waals surface area contributed by atoms with Crippen LogP contribution in [0.3, 0.4) is 0 Å². The van der Waals surface area contributed by atoms with Crippen molar-refractivity contribution in [3.05, 3.63) is 18.1 Å². The van der Waals surface area contributed by atoms with E-state index in [1.807, 2.05) is 13.8 Å². The number of aliphatic carboxylic acids is 1. The third-order valence-electron chi connectivity index (χ3n) is 2.66. The van der Waals surface area contributed by atoms with Gasteiger partial charge in [-0.3, -0.25) is 4.79 Å². The highest BCUT2D eigenvalue weighted by Gasteiger charge is 2.19. The largest absolute Gasteiger partial charge is 0.481 e. The molecule has 7 nitrogen and oxygen atoms in total. The first-order valence-corrected chi connectivity index (χ1v) is 6.32. The van der Waals surface area contributed by atoms with Gasteiger partial charge >= 0.3 is 11.9 Å². The number of carboxylic acid groups (broad SMARTS) is 1. The number of hydrogen-bond donors (Lipinski definition) is 2. The second-order valence-corrected chi connectivity index (χ2v) is 4.80. The molecule has 0 aliphatic carbocycles. The van der Waals surface area contributed by atoms with Gasteiger partial charge in [-0.1, -0.05) is 13.8 Å². The quantitative estimate of drug-likeness (QED) is 0.729. The molecular weight excluding hydrogens is 262 g/mol. The summed E-state index contributed by atoms with van der Waals surface area (Å²) in [5.74, 6) is -1.37. The zero-order valence-electron chi connectivity index (χ0n) is 11.8. The highest BCUT2D eigenvalue weighted by atomic mass is 16.5. The fraction of sp³-hybridized carbons (Fsp3) is 0.538. The molecule has 1 atom stereocenters. The third kappa shape index (κ3) is 4.83. The second-order valence-electron chi connectivity index (χ2n) is 4.80. The number of rotatable bonds is 7. The molecule has 0 spiro atoms. The van der Waals surface area contributed by atoms with Gasteiger partial charge in [0.2, 0.25) is 5.82 Å². The summed E-state index contributed by atoms with van der Waals surface area (Å²) in [5.41, 5.74) is 0. The zero-order chi connectivity index (χ0) is 15.1. The van der Waals surface area contributed by atoms with Crippen molar-refractivity contribution >= 4 is 17.8 Å². The Morgan fingerprint density at radius 3 is 2.70 bits per heavy atom. The van der Waals surface area contributed by atoms with Crippen molar-refractivity contribution in [3.8, 4) is 0 Å². The minimum atomic E-state index is -0.853. The number of methoxy groups -OCH3 is 1. The Kier molecular flexibility index (Phi) is 5.89. The van der Waals surface area contributed by atoms with E-state index in [9.17, 15) is 9.59 Å². The van der Waals surface area contributed by atoms with Gasteiger partial charge in [-0.25, -0.2) is 14.8 Å². The Morgan fingerprint density at radius 2 is 2.15 bits per heavy atom. The van der Waals surface area contributed by atoms with E-state index in [-0.39, 0.29) is 18.3 Å². The fourth-order valence-corrected chi connectivity index (χ4v) is 1.72. The molecule has 110 valence electrons. The average molecular weight is 281 g/mol. The van der Waals surface area contributed by atoms with Crippen LogP contribution in [0.4, 0.5) is 5.82 Å². The smallest absolute Gasteiger partial charge is 0.376 e. The van der Waals surface area contributed by atoms with Crippen LogP contribution in [-0.2, 0) is 9.53 Å². The number of nitrogens with one attached hydrogen (secondary N) is 1. The van der Waals surface area contributed by atoms with E-state index in [0.717, 1.165) is 0 Å². The maximum atomic E-state index is 11.3. The van der Waals surface area contributed by atoms with E-state index in [1.165, 1.54) is 13.3 Å². The lowest BCUT2D eigenvalue weighted by atomic mass is 9.97. The van der Waals surface area contributed by atoms with Gasteiger partial charge in [-0.2, -0.15) is 0 Å². The van der Waals surface area contributed by atoms with Crippen molar-refractivity contribution in [2.45, 2.75) is 20.3 Å². The summed E-state index contributed by atoms with van der Waals surface area (Å²) in [6.45, 7) is 4.18. The first-order chi connectivity index (χ1) is 9.43. The van der Waals surface area contributed by atoms with Crippen LogP contribution < -0.4 is 5.32 Å². The Morgan fingerprint density at radius 1 is 1.45 bits per heavy atom. The SMILES string of the molecule is COC(=O)c1nccc(NCC(CC(C)C)C(=O)O)n1. The summed E-state index contributed by atoms with van der Waals surface area (Å²) in [7, 11) is 1.24. The zero-order valence-corrected chi connectivity index (χ0v) is 11.8. The maximum Gasteiger partial charge on any atom is 0.376 e. The average Bonchev–Trinajstić information content (AvgIpc) is 2.42. The molecule has 0 bridgehead atoms. The standard InChI is InChI=1S/C13H19N3O4/c1-8(2)6-9(12(17)18)7-15-10-4-5-14-11(16-10)13(19)20-3/h4-5,8-9H,6-7H2,1-3H3,(H,17,18)(H,14,15,16). The van der Waals surface area contributed by atoms with E-state index in [0.29, 0.717) is 12.2 Å². The molecule has 1 unspecified atom stereocenters. The number of aromatic nitrogens is 2. The summed E-state index contributed by atoms with van der Waals surface area (Å²) in [6, 6.07) is 1.57. The summed E-state index contributed by atoms with van der Waals surface area (Å²) in [4.78, 5) is 30.2. The van der Waals surface area contributed by atoms with Crippen LogP contribution in [-0.4, -0.2) is 40.7 Å². The number of esters is 1. The van der Waals surface area contributed by atoms with Gasteiger partial charge in [0.1, 0.15) is 5.82 Å². The number of ether oxygens (including phenoxy) is 1. The summed E-state index contributed by atoms with van der Waals surface area (Å²) in [5, 5.41) is 12.0. The number of carbonyl (C=O) groups is 2. The molecule has 1 heterocycles. The summed E-state index contributed by atoms with van der Waals surface area (Å²) in [6.07, 6.45) is 1.98. The molecule has 0 aliphatic rings. The molecule has 0 radical (unpaired) electrons. The van der Waals surface area contributed by atoms with Crippen LogP contribution in [0.25, 0.3) is 0 Å². The van der Waals surface area contributed by atoms with Crippen LogP contribution >= 0.6 is 0 Å². The number of nitrogens with zero attached hydrogens (tertiary/aromatic N) is 2. The fourth-order valence-electron chi connectivity index (χ4n) is 1.72. The molecular formula is C13H19N3O4. The molecule has 1 aromatic heterocycles. The van der Waals surface area contributed by atoms with Gasteiger partial charge in [0.25, 0.3) is 0 Å². The van der Waals surface area contributed by atoms with Crippen molar-refractivity contribution in [2.75, 3.05) is 19.0 Å². The van der Waals surface area contributed by atoms with Crippen molar-refractivity contribution in [3.63, 3.8) is 0 Å². The number of anilines is 1. The van der Waals surface area contributed by atoms with Gasteiger partial charge in [0, 0.05) is 12.7 Å². The molecule has 20 heavy (non-hydrogen) atoms. The normalized spacial score (nSPS) is 12.0. The first-order valence-electron chi connectivity index (χ1n) is 6.32. The Balaban J connectivity index is 2.68. The highest BCUT2D eigenvalue weighted by molar-refractivity contribution is 5.85. The monoisotopic (exact) mass is 281 g/mol. The molecule has 2 N–H and O–H groups in total. The van der Waals surface area contributed by atoms with Gasteiger partial charge < -0.3 is 15.2 Å². The van der Waals surface area contributed by atoms with Gasteiger partial charge in [-0.05, 0) is 18.4 Å². The van der Waals surface area contributed by atoms with E-state index in [4.69, 9.17) is 5.11 Å². The molecule has 0 saturated heterocycles. The van der Waals surface area contributed by atoms with Crippen molar-refractivity contribution < 1.29 is 19.4 Å². The van der Waals surface area contributed by atoms with Crippen molar-refractivity contribution in [1.82, 2.24) is 9.97 Å². The lowest BCUT2D eigenvalue weighted by Gasteiger charge is -2.15. The second kappa shape index (κ2) is 7.42. The van der Waals surface area contributed by atoms with Crippen LogP contribution in [0.5, 0.6) is 0 Å². The molecule has 0 fully saturated rings. The lowest BCUT2D eigenvalue weighted by molar-refractivity contribution is -0.141. The lowest BCUT2D eigenvalue weighted by Crippen LogP contribution is -2.25. The van der Waals surface area contributed by atoms with Crippen LogP contribution in [0.15, 0.2) is 12.3 Å². The van der Waals surface area contributed by atoms with E-state index < -0.39 is 17.9 Å². The minimum absolute atomic E-state index is 0.0618. The van der Waals surface area contributed by atoms with Gasteiger partial charge in [0.05, 0.1) is 13.0 Å². The van der Waals surface area contributed by atoms with Crippen LogP contribution in [0.1, 0.15) is 30.9 Å². The molecule has 0 amide bonds. The summed E-state index contributed by atoms with van der Waals surface area (Å²) >= 11 is 0. The van der Waals surface area contributed by atoms with E-state index in [2.05, 4.69) is 20.0 Å². The highest BCUT2D eigenvalue weighted by Crippen LogP contribution is 2.13. The number of carbonyl (C=O) groups excluding carboxylic acids is 1. The third-order valence-corrected chi connectivity index (χ3v) is 2.66. The Bertz CT molecular complexity index is 476. The van der Waals surface area contributed by atoms with Crippen LogP contribution in [0, 0.1) is 11.8 Å². The predicted molar refractivity (Wildman–Crippen MR) is 72.4 cm³/mol. The first kappa shape index (κ1) is 15.9. The number of carboxylic acids is 1. The molecule has 1 aromatic rings. The molecule has 1 rings (SSSR count). The minimum Gasteiger partial charge on any atom is -0.481 e. The number of hydrogen-bond acceptors (Lipinski definition) is 6. The van der Waals surface area contributed by atoms with Crippen molar-refractivity contribution in [1.29, 1.82) is 0 Å². The van der Waals surface area contributed by atoms with Gasteiger partial charge in [-0.15, -0.1) is 0 Å². The molecule has 0 aliphatic heterocycles. The van der Waals surface area contributed by atoms with E-state index >= 15 is 0 Å². The molecule has 0 saturated carbocycles. The van der Waals surface area contributed by atoms with Gasteiger partial charge in [0.15, 0.2) is 0 Å². The predicted octanol–water partition coefficient (Wildman–Crippen LogP) is 1.42. The maximum absolute atomic E-state index is 11.3. The summed E-state index contributed by atoms with van der Waals surface area (Å²) < 4.78 is 4.52. The van der Waals surface area contributed by atoms with E-state index in [1.54, 1.807) is 6.07 Å². The van der Waals surface area contributed by atoms with Crippen molar-refractivity contribution in [2.24, 2.45) is 11.8 Å². The Hall–Kier alpha value is -2.18. The Labute approximate surface area is 117 Å². The molecule has 0 aromatic carbocycles.